The van der Waals surface area contributed by atoms with Gasteiger partial charge in [-0.15, -0.1) is 0 Å². The summed E-state index contributed by atoms with van der Waals surface area (Å²) in [5, 5.41) is 9.36. The number of alkyl halides is 3. The van der Waals surface area contributed by atoms with Crippen molar-refractivity contribution in [3.05, 3.63) is 75.6 Å². The molecule has 1 saturated carbocycles. The van der Waals surface area contributed by atoms with Gasteiger partial charge >= 0.3 is 11.8 Å². The fraction of sp³-hybridized carbons (Fsp3) is 0.348. The smallest absolute Gasteiger partial charge is 0.417 e. The van der Waals surface area contributed by atoms with Crippen molar-refractivity contribution in [2.45, 2.75) is 55.3 Å². The molecule has 176 valence electrons. The van der Waals surface area contributed by atoms with E-state index in [1.807, 2.05) is 0 Å². The summed E-state index contributed by atoms with van der Waals surface area (Å²) in [4.78, 5) is 11.5. The molecule has 0 spiro atoms. The zero-order valence-corrected chi connectivity index (χ0v) is 18.2. The third-order valence-electron chi connectivity index (χ3n) is 5.77. The lowest BCUT2D eigenvalue weighted by atomic mass is 9.94. The zero-order valence-electron chi connectivity index (χ0n) is 17.4. The van der Waals surface area contributed by atoms with Crippen LogP contribution in [0.15, 0.2) is 62.6 Å². The van der Waals surface area contributed by atoms with Crippen molar-refractivity contribution in [3.63, 3.8) is 0 Å². The first-order valence-electron chi connectivity index (χ1n) is 10.4. The van der Waals surface area contributed by atoms with Crippen LogP contribution in [0, 0.1) is 0 Å². The first-order chi connectivity index (χ1) is 15.5. The van der Waals surface area contributed by atoms with Gasteiger partial charge in [-0.3, -0.25) is 0 Å². The number of sulfonamides is 1. The van der Waals surface area contributed by atoms with Crippen LogP contribution < -0.4 is 10.3 Å². The first-order valence-corrected chi connectivity index (χ1v) is 11.9. The van der Waals surface area contributed by atoms with Gasteiger partial charge < -0.3 is 9.52 Å². The second-order valence-electron chi connectivity index (χ2n) is 8.25. The lowest BCUT2D eigenvalue weighted by molar-refractivity contribution is -0.136. The van der Waals surface area contributed by atoms with E-state index < -0.39 is 27.4 Å². The second kappa shape index (κ2) is 8.92. The minimum atomic E-state index is -4.70. The predicted molar refractivity (Wildman–Crippen MR) is 115 cm³/mol. The van der Waals surface area contributed by atoms with Gasteiger partial charge in [-0.05, 0) is 67.5 Å². The molecule has 0 unspecified atom stereocenters. The monoisotopic (exact) mass is 481 g/mol. The molecule has 0 amide bonds. The van der Waals surface area contributed by atoms with E-state index in [9.17, 15) is 31.5 Å². The Morgan fingerprint density at radius 3 is 2.24 bits per heavy atom. The molecule has 1 fully saturated rings. The predicted octanol–water partition coefficient (Wildman–Crippen LogP) is 3.98. The van der Waals surface area contributed by atoms with E-state index in [1.165, 1.54) is 24.3 Å². The highest BCUT2D eigenvalue weighted by atomic mass is 32.2. The van der Waals surface area contributed by atoms with Crippen molar-refractivity contribution in [3.8, 4) is 0 Å². The summed E-state index contributed by atoms with van der Waals surface area (Å²) in [6.07, 6.45) is -2.58. The summed E-state index contributed by atoms with van der Waals surface area (Å²) >= 11 is 0. The lowest BCUT2D eigenvalue weighted by Gasteiger charge is -2.26. The van der Waals surface area contributed by atoms with Crippen molar-refractivity contribution in [1.29, 1.82) is 0 Å². The summed E-state index contributed by atoms with van der Waals surface area (Å²) in [6, 6.07) is 10.6. The van der Waals surface area contributed by atoms with E-state index in [2.05, 4.69) is 4.72 Å². The van der Waals surface area contributed by atoms with Crippen LogP contribution in [0.5, 0.6) is 0 Å². The minimum absolute atomic E-state index is 0.0945. The Morgan fingerprint density at radius 1 is 0.970 bits per heavy atom. The van der Waals surface area contributed by atoms with Crippen LogP contribution in [0.3, 0.4) is 0 Å². The molecule has 0 radical (unpaired) electrons. The molecule has 0 atom stereocenters. The van der Waals surface area contributed by atoms with Crippen LogP contribution in [-0.4, -0.2) is 25.7 Å². The number of fused-ring (bicyclic) bond motifs is 1. The standard InChI is InChI=1S/C23H22F3NO5S/c24-23(25,26)20-13-22(29)32-21-10-3-15(12-19(20)21)11-14-1-8-18(9-2-14)33(30,31)27-16-4-6-17(28)7-5-16/h1-3,8-10,12-13,16-17,27-28H,4-7,11H2. The SMILES string of the molecule is O=c1cc(C(F)(F)F)c2cc(Cc3ccc(S(=O)(=O)NC4CCC(O)CC4)cc3)ccc2o1. The average molecular weight is 481 g/mol. The highest BCUT2D eigenvalue weighted by Gasteiger charge is 2.34. The normalized spacial score (nSPS) is 19.6. The summed E-state index contributed by atoms with van der Waals surface area (Å²) < 4.78 is 72.9. The van der Waals surface area contributed by atoms with E-state index >= 15 is 0 Å². The van der Waals surface area contributed by atoms with E-state index in [1.54, 1.807) is 18.2 Å². The average Bonchev–Trinajstić information content (AvgIpc) is 2.74. The van der Waals surface area contributed by atoms with Gasteiger partial charge in [0, 0.05) is 17.5 Å². The summed E-state index contributed by atoms with van der Waals surface area (Å²) in [5.74, 6) is 0. The largest absolute Gasteiger partial charge is 0.423 e. The van der Waals surface area contributed by atoms with Crippen LogP contribution in [0.25, 0.3) is 11.0 Å². The number of benzene rings is 2. The molecule has 2 N–H and O–H groups in total. The van der Waals surface area contributed by atoms with Gasteiger partial charge in [0.1, 0.15) is 5.58 Å². The molecule has 0 saturated heterocycles. The van der Waals surface area contributed by atoms with Crippen molar-refractivity contribution < 1.29 is 31.1 Å². The summed E-state index contributed by atoms with van der Waals surface area (Å²) in [6.45, 7) is 0. The second-order valence-corrected chi connectivity index (χ2v) is 9.97. The molecule has 1 heterocycles. The first kappa shape index (κ1) is 23.5. The van der Waals surface area contributed by atoms with Crippen LogP contribution >= 0.6 is 0 Å². The third-order valence-corrected chi connectivity index (χ3v) is 7.31. The van der Waals surface area contributed by atoms with Crippen LogP contribution in [0.4, 0.5) is 13.2 Å². The maximum Gasteiger partial charge on any atom is 0.417 e. The van der Waals surface area contributed by atoms with Gasteiger partial charge in [0.15, 0.2) is 0 Å². The molecular formula is C23H22F3NO5S. The van der Waals surface area contributed by atoms with Crippen molar-refractivity contribution in [1.82, 2.24) is 4.72 Å². The number of aliphatic hydroxyl groups is 1. The molecule has 1 aliphatic carbocycles. The third kappa shape index (κ3) is 5.45. The Hall–Kier alpha value is -2.69. The van der Waals surface area contributed by atoms with Gasteiger partial charge in [-0.1, -0.05) is 18.2 Å². The fourth-order valence-electron chi connectivity index (χ4n) is 4.06. The van der Waals surface area contributed by atoms with Gasteiger partial charge in [0.25, 0.3) is 0 Å². The quantitative estimate of drug-likeness (QED) is 0.538. The fourth-order valence-corrected chi connectivity index (χ4v) is 5.36. The number of hydrogen-bond acceptors (Lipinski definition) is 5. The van der Waals surface area contributed by atoms with E-state index in [0.717, 1.165) is 0 Å². The molecule has 1 aliphatic rings. The Labute approximate surface area is 188 Å². The highest BCUT2D eigenvalue weighted by Crippen LogP contribution is 2.34. The van der Waals surface area contributed by atoms with Crippen molar-refractivity contribution in [2.75, 3.05) is 0 Å². The molecule has 3 aromatic rings. The van der Waals surface area contributed by atoms with Gasteiger partial charge in [0.05, 0.1) is 16.6 Å². The molecule has 33 heavy (non-hydrogen) atoms. The Kier molecular flexibility index (Phi) is 6.35. The van der Waals surface area contributed by atoms with Crippen molar-refractivity contribution >= 4 is 21.0 Å². The van der Waals surface area contributed by atoms with Crippen molar-refractivity contribution in [2.24, 2.45) is 0 Å². The van der Waals surface area contributed by atoms with Gasteiger partial charge in [0.2, 0.25) is 10.0 Å². The van der Waals surface area contributed by atoms with Crippen LogP contribution in [0.1, 0.15) is 42.4 Å². The molecule has 0 aliphatic heterocycles. The molecule has 4 rings (SSSR count). The summed E-state index contributed by atoms with van der Waals surface area (Å²) in [5.41, 5.74) is -1.02. The zero-order chi connectivity index (χ0) is 23.8. The van der Waals surface area contributed by atoms with E-state index in [4.69, 9.17) is 4.42 Å². The topological polar surface area (TPSA) is 96.6 Å². The Balaban J connectivity index is 1.53. The maximum atomic E-state index is 13.3. The maximum absolute atomic E-state index is 13.3. The molecular weight excluding hydrogens is 459 g/mol. The number of hydrogen-bond donors (Lipinski definition) is 2. The molecule has 10 heteroatoms. The molecule has 2 aromatic carbocycles. The highest BCUT2D eigenvalue weighted by molar-refractivity contribution is 7.89. The van der Waals surface area contributed by atoms with Crippen LogP contribution in [-0.2, 0) is 22.6 Å². The minimum Gasteiger partial charge on any atom is -0.423 e. The molecule has 0 bridgehead atoms. The van der Waals surface area contributed by atoms with Crippen LogP contribution in [0.2, 0.25) is 0 Å². The lowest BCUT2D eigenvalue weighted by Crippen LogP contribution is -2.38. The van der Waals surface area contributed by atoms with E-state index in [0.29, 0.717) is 42.9 Å². The molecule has 1 aromatic heterocycles. The number of halogens is 3. The molecule has 6 nitrogen and oxygen atoms in total. The number of aliphatic hydroxyl groups excluding tert-OH is 1. The van der Waals surface area contributed by atoms with Gasteiger partial charge in [-0.25, -0.2) is 17.9 Å². The number of nitrogens with one attached hydrogen (secondary N) is 1. The van der Waals surface area contributed by atoms with Gasteiger partial charge in [-0.2, -0.15) is 13.2 Å². The number of rotatable bonds is 5. The Bertz CT molecular complexity index is 1310. The Morgan fingerprint density at radius 2 is 1.61 bits per heavy atom. The van der Waals surface area contributed by atoms with E-state index in [-0.39, 0.29) is 34.4 Å². The summed E-state index contributed by atoms with van der Waals surface area (Å²) in [7, 11) is -3.72.